The first kappa shape index (κ1) is 14.8. The van der Waals surface area contributed by atoms with Crippen molar-refractivity contribution in [1.82, 2.24) is 0 Å². The fourth-order valence-corrected chi connectivity index (χ4v) is 2.72. The first-order chi connectivity index (χ1) is 9.74. The molecule has 1 unspecified atom stereocenters. The lowest BCUT2D eigenvalue weighted by Crippen LogP contribution is -2.15. The fourth-order valence-electron chi connectivity index (χ4n) is 1.85. The monoisotopic (exact) mass is 382 g/mol. The van der Waals surface area contributed by atoms with Crippen LogP contribution in [-0.4, -0.2) is 17.5 Å². The summed E-state index contributed by atoms with van der Waals surface area (Å²) in [5.74, 6) is 0.998. The maximum Gasteiger partial charge on any atom is 0.313 e. The Hall–Kier alpha value is -1.56. The smallest absolute Gasteiger partial charge is 0.313 e. The van der Waals surface area contributed by atoms with E-state index in [4.69, 9.17) is 9.47 Å². The second-order valence-corrected chi connectivity index (χ2v) is 5.10. The quantitative estimate of drug-likeness (QED) is 0.443. The average molecular weight is 382 g/mol. The Balaban J connectivity index is 2.21. The number of ether oxygens (including phenoxy) is 2. The molecular formula is C16H15IO3. The molecule has 1 atom stereocenters. The molecule has 4 heteroatoms. The molecular weight excluding hydrogens is 367 g/mol. The van der Waals surface area contributed by atoms with E-state index in [0.29, 0.717) is 10.2 Å². The number of para-hydroxylation sites is 1. The zero-order valence-electron chi connectivity index (χ0n) is 11.1. The molecule has 0 bridgehead atoms. The third kappa shape index (κ3) is 3.72. The zero-order valence-corrected chi connectivity index (χ0v) is 13.2. The van der Waals surface area contributed by atoms with Crippen molar-refractivity contribution in [3.05, 3.63) is 60.2 Å². The molecule has 0 N–H and O–H groups in total. The van der Waals surface area contributed by atoms with Crippen LogP contribution in [0.5, 0.6) is 11.5 Å². The zero-order chi connectivity index (χ0) is 14.4. The largest absolute Gasteiger partial charge is 0.469 e. The maximum atomic E-state index is 11.7. The summed E-state index contributed by atoms with van der Waals surface area (Å²) in [5, 5.41) is 0. The Kier molecular flexibility index (Phi) is 5.40. The van der Waals surface area contributed by atoms with Gasteiger partial charge in [0.05, 0.1) is 13.0 Å². The molecule has 0 amide bonds. The highest BCUT2D eigenvalue weighted by Crippen LogP contribution is 2.27. The van der Waals surface area contributed by atoms with Crippen molar-refractivity contribution >= 4 is 28.6 Å². The molecule has 0 saturated heterocycles. The number of carbonyl (C=O) groups is 1. The summed E-state index contributed by atoms with van der Waals surface area (Å²) < 4.78 is 11.3. The Bertz CT molecular complexity index is 569. The van der Waals surface area contributed by atoms with Gasteiger partial charge in [0.2, 0.25) is 0 Å². The first-order valence-electron chi connectivity index (χ1n) is 6.21. The number of carbonyl (C=O) groups excluding carboxylic acids is 1. The number of halogens is 1. The summed E-state index contributed by atoms with van der Waals surface area (Å²) in [6.45, 7) is 0. The molecule has 0 saturated carbocycles. The average Bonchev–Trinajstić information content (AvgIpc) is 2.49. The van der Waals surface area contributed by atoms with E-state index in [-0.39, 0.29) is 11.9 Å². The van der Waals surface area contributed by atoms with E-state index in [0.717, 1.165) is 11.3 Å². The van der Waals surface area contributed by atoms with E-state index in [9.17, 15) is 4.79 Å². The molecule has 104 valence electrons. The molecule has 2 aromatic rings. The standard InChI is InChI=1S/C16H15IO3/c1-19-16(18)15(11-17)12-6-5-9-14(10-12)20-13-7-3-2-4-8-13/h2-10,15H,11H2,1H3. The first-order valence-corrected chi connectivity index (χ1v) is 7.74. The Morgan fingerprint density at radius 3 is 2.45 bits per heavy atom. The molecule has 0 aliphatic carbocycles. The van der Waals surface area contributed by atoms with Crippen LogP contribution < -0.4 is 4.74 Å². The van der Waals surface area contributed by atoms with Crippen LogP contribution in [-0.2, 0) is 9.53 Å². The molecule has 0 radical (unpaired) electrons. The van der Waals surface area contributed by atoms with Crippen LogP contribution >= 0.6 is 22.6 Å². The van der Waals surface area contributed by atoms with Crippen molar-refractivity contribution in [1.29, 1.82) is 0 Å². The number of methoxy groups -OCH3 is 1. The number of rotatable bonds is 5. The van der Waals surface area contributed by atoms with Gasteiger partial charge in [-0.25, -0.2) is 0 Å². The normalized spacial score (nSPS) is 11.7. The van der Waals surface area contributed by atoms with E-state index < -0.39 is 0 Å². The van der Waals surface area contributed by atoms with Gasteiger partial charge in [-0.05, 0) is 29.8 Å². The summed E-state index contributed by atoms with van der Waals surface area (Å²) in [6, 6.07) is 17.1. The van der Waals surface area contributed by atoms with Gasteiger partial charge in [-0.2, -0.15) is 0 Å². The highest BCUT2D eigenvalue weighted by molar-refractivity contribution is 14.1. The topological polar surface area (TPSA) is 35.5 Å². The van der Waals surface area contributed by atoms with Crippen LogP contribution in [0.2, 0.25) is 0 Å². The van der Waals surface area contributed by atoms with Crippen LogP contribution in [0.25, 0.3) is 0 Å². The summed E-state index contributed by atoms with van der Waals surface area (Å²) in [5.41, 5.74) is 0.902. The number of esters is 1. The van der Waals surface area contributed by atoms with E-state index >= 15 is 0 Å². The van der Waals surface area contributed by atoms with Gasteiger partial charge in [-0.1, -0.05) is 52.9 Å². The third-order valence-electron chi connectivity index (χ3n) is 2.88. The van der Waals surface area contributed by atoms with Crippen LogP contribution in [0.4, 0.5) is 0 Å². The summed E-state index contributed by atoms with van der Waals surface area (Å²) >= 11 is 2.19. The van der Waals surface area contributed by atoms with E-state index in [1.165, 1.54) is 7.11 Å². The highest BCUT2D eigenvalue weighted by atomic mass is 127. The molecule has 3 nitrogen and oxygen atoms in total. The van der Waals surface area contributed by atoms with E-state index in [1.54, 1.807) is 0 Å². The number of alkyl halides is 1. The van der Waals surface area contributed by atoms with Gasteiger partial charge in [-0.15, -0.1) is 0 Å². The van der Waals surface area contributed by atoms with Gasteiger partial charge >= 0.3 is 5.97 Å². The molecule has 0 aliphatic heterocycles. The minimum absolute atomic E-state index is 0.226. The van der Waals surface area contributed by atoms with Crippen molar-refractivity contribution in [2.24, 2.45) is 0 Å². The molecule has 0 spiro atoms. The summed E-state index contributed by atoms with van der Waals surface area (Å²) in [6.07, 6.45) is 0. The SMILES string of the molecule is COC(=O)C(CI)c1cccc(Oc2ccccc2)c1. The van der Waals surface area contributed by atoms with Crippen molar-refractivity contribution in [3.63, 3.8) is 0 Å². The number of hydrogen-bond donors (Lipinski definition) is 0. The summed E-state index contributed by atoms with van der Waals surface area (Å²) in [4.78, 5) is 11.7. The highest BCUT2D eigenvalue weighted by Gasteiger charge is 2.20. The Morgan fingerprint density at radius 2 is 1.80 bits per heavy atom. The Labute approximate surface area is 132 Å². The second-order valence-electron chi connectivity index (χ2n) is 4.22. The van der Waals surface area contributed by atoms with E-state index in [1.807, 2.05) is 54.6 Å². The predicted octanol–water partition coefficient (Wildman–Crippen LogP) is 4.17. The lowest BCUT2D eigenvalue weighted by molar-refractivity contribution is -0.141. The van der Waals surface area contributed by atoms with Gasteiger partial charge < -0.3 is 9.47 Å². The third-order valence-corrected chi connectivity index (χ3v) is 3.76. The Morgan fingerprint density at radius 1 is 1.10 bits per heavy atom. The molecule has 0 heterocycles. The van der Waals surface area contributed by atoms with Crippen LogP contribution in [0.1, 0.15) is 11.5 Å². The maximum absolute atomic E-state index is 11.7. The van der Waals surface area contributed by atoms with Crippen molar-refractivity contribution in [3.8, 4) is 11.5 Å². The summed E-state index contributed by atoms with van der Waals surface area (Å²) in [7, 11) is 1.41. The van der Waals surface area contributed by atoms with Gasteiger partial charge in [-0.3, -0.25) is 4.79 Å². The molecule has 0 aromatic heterocycles. The minimum Gasteiger partial charge on any atom is -0.469 e. The van der Waals surface area contributed by atoms with Crippen molar-refractivity contribution in [2.75, 3.05) is 11.5 Å². The lowest BCUT2D eigenvalue weighted by atomic mass is 10.0. The lowest BCUT2D eigenvalue weighted by Gasteiger charge is -2.13. The number of benzene rings is 2. The van der Waals surface area contributed by atoms with Gasteiger partial charge in [0.25, 0.3) is 0 Å². The predicted molar refractivity (Wildman–Crippen MR) is 86.6 cm³/mol. The number of hydrogen-bond acceptors (Lipinski definition) is 3. The van der Waals surface area contributed by atoms with Crippen molar-refractivity contribution < 1.29 is 14.3 Å². The molecule has 20 heavy (non-hydrogen) atoms. The fraction of sp³-hybridized carbons (Fsp3) is 0.188. The van der Waals surface area contributed by atoms with Crippen LogP contribution in [0, 0.1) is 0 Å². The minimum atomic E-state index is -0.264. The molecule has 2 aromatic carbocycles. The van der Waals surface area contributed by atoms with Crippen molar-refractivity contribution in [2.45, 2.75) is 5.92 Å². The van der Waals surface area contributed by atoms with Crippen LogP contribution in [0.15, 0.2) is 54.6 Å². The van der Waals surface area contributed by atoms with E-state index in [2.05, 4.69) is 22.6 Å². The van der Waals surface area contributed by atoms with Gasteiger partial charge in [0, 0.05) is 4.43 Å². The molecule has 0 aliphatic rings. The van der Waals surface area contributed by atoms with Gasteiger partial charge in [0.15, 0.2) is 0 Å². The van der Waals surface area contributed by atoms with Gasteiger partial charge in [0.1, 0.15) is 11.5 Å². The van der Waals surface area contributed by atoms with Crippen LogP contribution in [0.3, 0.4) is 0 Å². The second kappa shape index (κ2) is 7.28. The molecule has 0 fully saturated rings. The molecule has 2 rings (SSSR count).